The number of nitrogens with zero attached hydrogens (tertiary/aromatic N) is 1. The summed E-state index contributed by atoms with van der Waals surface area (Å²) in [5.41, 5.74) is 4.63. The first-order valence-corrected chi connectivity index (χ1v) is 9.80. The predicted octanol–water partition coefficient (Wildman–Crippen LogP) is 3.98. The number of benzene rings is 2. The quantitative estimate of drug-likeness (QED) is 0.843. The van der Waals surface area contributed by atoms with Crippen LogP contribution in [0.25, 0.3) is 0 Å². The third kappa shape index (κ3) is 4.76. The van der Waals surface area contributed by atoms with Crippen molar-refractivity contribution in [1.29, 1.82) is 0 Å². The van der Waals surface area contributed by atoms with Crippen LogP contribution in [0.15, 0.2) is 48.5 Å². The van der Waals surface area contributed by atoms with Crippen LogP contribution in [0.2, 0.25) is 0 Å². The summed E-state index contributed by atoms with van der Waals surface area (Å²) in [5.74, 6) is 0.175. The van der Waals surface area contributed by atoms with Gasteiger partial charge in [-0.1, -0.05) is 49.4 Å². The average molecular weight is 364 g/mol. The van der Waals surface area contributed by atoms with Crippen molar-refractivity contribution in [3.05, 3.63) is 65.2 Å². The van der Waals surface area contributed by atoms with Gasteiger partial charge in [0, 0.05) is 31.6 Å². The van der Waals surface area contributed by atoms with Gasteiger partial charge in [-0.2, -0.15) is 0 Å². The third-order valence-electron chi connectivity index (χ3n) is 5.31. The number of carbonyl (C=O) groups excluding carboxylic acids is 2. The molecule has 0 fully saturated rings. The van der Waals surface area contributed by atoms with Gasteiger partial charge in [0.15, 0.2) is 0 Å². The molecule has 1 aliphatic carbocycles. The second-order valence-corrected chi connectivity index (χ2v) is 7.20. The lowest BCUT2D eigenvalue weighted by molar-refractivity contribution is -0.133. The van der Waals surface area contributed by atoms with E-state index in [1.807, 2.05) is 37.3 Å². The summed E-state index contributed by atoms with van der Waals surface area (Å²) >= 11 is 0. The summed E-state index contributed by atoms with van der Waals surface area (Å²) in [6.07, 6.45) is 4.08. The molecule has 1 atom stereocenters. The van der Waals surface area contributed by atoms with E-state index < -0.39 is 0 Å². The van der Waals surface area contributed by atoms with Gasteiger partial charge in [-0.05, 0) is 48.4 Å². The number of fused-ring (bicyclic) bond motifs is 1. The lowest BCUT2D eigenvalue weighted by Gasteiger charge is -2.36. The van der Waals surface area contributed by atoms with E-state index in [1.165, 1.54) is 23.6 Å². The van der Waals surface area contributed by atoms with Crippen molar-refractivity contribution in [2.24, 2.45) is 0 Å². The van der Waals surface area contributed by atoms with Crippen molar-refractivity contribution in [2.45, 2.75) is 52.0 Å². The Kier molecular flexibility index (Phi) is 6.28. The van der Waals surface area contributed by atoms with E-state index in [0.29, 0.717) is 6.42 Å². The largest absolute Gasteiger partial charge is 0.339 e. The highest BCUT2D eigenvalue weighted by Crippen LogP contribution is 2.30. The van der Waals surface area contributed by atoms with Crippen LogP contribution >= 0.6 is 0 Å². The molecule has 142 valence electrons. The Labute approximate surface area is 161 Å². The molecule has 2 aromatic rings. The number of hydrogen-bond donors (Lipinski definition) is 1. The van der Waals surface area contributed by atoms with Crippen molar-refractivity contribution in [3.8, 4) is 0 Å². The molecule has 0 aliphatic heterocycles. The summed E-state index contributed by atoms with van der Waals surface area (Å²) in [5, 5.41) is 2.94. The van der Waals surface area contributed by atoms with Gasteiger partial charge in [-0.3, -0.25) is 9.59 Å². The molecular weight excluding hydrogens is 336 g/mol. The highest BCUT2D eigenvalue weighted by Gasteiger charge is 2.28. The third-order valence-corrected chi connectivity index (χ3v) is 5.31. The van der Waals surface area contributed by atoms with Crippen molar-refractivity contribution >= 4 is 17.5 Å². The van der Waals surface area contributed by atoms with Crippen molar-refractivity contribution < 1.29 is 9.59 Å². The molecule has 1 unspecified atom stereocenters. The first-order valence-electron chi connectivity index (χ1n) is 9.80. The Bertz CT molecular complexity index is 801. The number of carbonyl (C=O) groups is 2. The minimum absolute atomic E-state index is 0.0452. The predicted molar refractivity (Wildman–Crippen MR) is 109 cm³/mol. The van der Waals surface area contributed by atoms with Gasteiger partial charge in [0.2, 0.25) is 11.8 Å². The van der Waals surface area contributed by atoms with E-state index in [4.69, 9.17) is 0 Å². The summed E-state index contributed by atoms with van der Waals surface area (Å²) in [6.45, 7) is 4.22. The van der Waals surface area contributed by atoms with Crippen LogP contribution in [-0.2, 0) is 28.9 Å². The molecule has 0 saturated heterocycles. The minimum Gasteiger partial charge on any atom is -0.339 e. The Hall–Kier alpha value is -2.62. The molecule has 2 aromatic carbocycles. The maximum absolute atomic E-state index is 12.6. The Morgan fingerprint density at radius 2 is 1.89 bits per heavy atom. The maximum atomic E-state index is 12.6. The summed E-state index contributed by atoms with van der Waals surface area (Å²) < 4.78 is 0. The monoisotopic (exact) mass is 364 g/mol. The van der Waals surface area contributed by atoms with E-state index in [-0.39, 0.29) is 17.9 Å². The number of hydrogen-bond acceptors (Lipinski definition) is 2. The fourth-order valence-corrected chi connectivity index (χ4v) is 3.97. The molecule has 0 heterocycles. The summed E-state index contributed by atoms with van der Waals surface area (Å²) in [6, 6.07) is 16.6. The molecule has 0 bridgehead atoms. The molecule has 2 amide bonds. The second kappa shape index (κ2) is 8.85. The van der Waals surface area contributed by atoms with E-state index in [2.05, 4.69) is 28.4 Å². The molecule has 4 nitrogen and oxygen atoms in total. The Morgan fingerprint density at radius 3 is 2.59 bits per heavy atom. The number of rotatable bonds is 6. The first kappa shape index (κ1) is 19.2. The van der Waals surface area contributed by atoms with Crippen LogP contribution in [0.3, 0.4) is 0 Å². The van der Waals surface area contributed by atoms with Gasteiger partial charge < -0.3 is 10.2 Å². The normalized spacial score (nSPS) is 15.7. The number of nitrogens with one attached hydrogen (secondary N) is 1. The van der Waals surface area contributed by atoms with Gasteiger partial charge in [0.25, 0.3) is 0 Å². The van der Waals surface area contributed by atoms with Crippen molar-refractivity contribution in [3.63, 3.8) is 0 Å². The van der Waals surface area contributed by atoms with Crippen LogP contribution in [0.4, 0.5) is 5.69 Å². The molecule has 3 rings (SSSR count). The number of anilines is 1. The van der Waals surface area contributed by atoms with E-state index >= 15 is 0 Å². The van der Waals surface area contributed by atoms with Crippen LogP contribution in [0, 0.1) is 0 Å². The molecule has 27 heavy (non-hydrogen) atoms. The Morgan fingerprint density at radius 1 is 1.11 bits per heavy atom. The van der Waals surface area contributed by atoms with Crippen LogP contribution in [0.1, 0.15) is 43.4 Å². The van der Waals surface area contributed by atoms with Crippen molar-refractivity contribution in [1.82, 2.24) is 4.90 Å². The average Bonchev–Trinajstić information content (AvgIpc) is 2.68. The molecule has 0 saturated carbocycles. The van der Waals surface area contributed by atoms with Gasteiger partial charge in [-0.25, -0.2) is 0 Å². The second-order valence-electron chi connectivity index (χ2n) is 7.20. The van der Waals surface area contributed by atoms with Gasteiger partial charge in [0.05, 0.1) is 0 Å². The molecular formula is C23H28N2O2. The van der Waals surface area contributed by atoms with Crippen LogP contribution < -0.4 is 5.32 Å². The number of amides is 2. The molecule has 0 aromatic heterocycles. The SMILES string of the molecule is CCC(=O)N(CCc1ccccc1)C1CCc2c(cccc2NC(C)=O)C1. The molecule has 4 heteroatoms. The van der Waals surface area contributed by atoms with Gasteiger partial charge in [-0.15, -0.1) is 0 Å². The lowest BCUT2D eigenvalue weighted by atomic mass is 9.86. The summed E-state index contributed by atoms with van der Waals surface area (Å²) in [4.78, 5) is 26.2. The highest BCUT2D eigenvalue weighted by molar-refractivity contribution is 5.89. The van der Waals surface area contributed by atoms with Gasteiger partial charge >= 0.3 is 0 Å². The van der Waals surface area contributed by atoms with Gasteiger partial charge in [0.1, 0.15) is 0 Å². The maximum Gasteiger partial charge on any atom is 0.222 e. The van der Waals surface area contributed by atoms with E-state index in [0.717, 1.165) is 37.9 Å². The zero-order valence-electron chi connectivity index (χ0n) is 16.2. The zero-order chi connectivity index (χ0) is 19.2. The molecule has 0 radical (unpaired) electrons. The van der Waals surface area contributed by atoms with Crippen LogP contribution in [0.5, 0.6) is 0 Å². The smallest absolute Gasteiger partial charge is 0.222 e. The Balaban J connectivity index is 1.75. The summed E-state index contributed by atoms with van der Waals surface area (Å²) in [7, 11) is 0. The molecule has 1 aliphatic rings. The fourth-order valence-electron chi connectivity index (χ4n) is 3.97. The lowest BCUT2D eigenvalue weighted by Crippen LogP contribution is -2.44. The minimum atomic E-state index is -0.0452. The molecule has 1 N–H and O–H groups in total. The standard InChI is InChI=1S/C23H28N2O2/c1-3-23(27)25(15-14-18-8-5-4-6-9-18)20-12-13-21-19(16-20)10-7-11-22(21)24-17(2)26/h4-11,20H,3,12-16H2,1-2H3,(H,24,26). The topological polar surface area (TPSA) is 49.4 Å². The fraction of sp³-hybridized carbons (Fsp3) is 0.391. The van der Waals surface area contributed by atoms with E-state index in [1.54, 1.807) is 0 Å². The zero-order valence-corrected chi connectivity index (χ0v) is 16.2. The molecule has 0 spiro atoms. The first-order chi connectivity index (χ1) is 13.1. The highest BCUT2D eigenvalue weighted by atomic mass is 16.2. The van der Waals surface area contributed by atoms with Crippen LogP contribution in [-0.4, -0.2) is 29.3 Å². The van der Waals surface area contributed by atoms with Crippen molar-refractivity contribution in [2.75, 3.05) is 11.9 Å². The van der Waals surface area contributed by atoms with E-state index in [9.17, 15) is 9.59 Å².